The van der Waals surface area contributed by atoms with Crippen molar-refractivity contribution in [3.63, 3.8) is 0 Å². The lowest BCUT2D eigenvalue weighted by atomic mass is 9.95. The Morgan fingerprint density at radius 1 is 1.00 bits per heavy atom. The highest BCUT2D eigenvalue weighted by molar-refractivity contribution is 5.93. The summed E-state index contributed by atoms with van der Waals surface area (Å²) in [6.07, 6.45) is 8.92. The van der Waals surface area contributed by atoms with Gasteiger partial charge >= 0.3 is 0 Å². The summed E-state index contributed by atoms with van der Waals surface area (Å²) >= 11 is 0. The highest BCUT2D eigenvalue weighted by Crippen LogP contribution is 2.32. The van der Waals surface area contributed by atoms with Crippen LogP contribution in [-0.2, 0) is 9.59 Å². The number of carbonyl (C=O) groups excluding carboxylic acids is 2. The minimum Gasteiger partial charge on any atom is -0.342 e. The van der Waals surface area contributed by atoms with E-state index < -0.39 is 0 Å². The van der Waals surface area contributed by atoms with E-state index in [0.29, 0.717) is 13.1 Å². The van der Waals surface area contributed by atoms with Crippen LogP contribution < -0.4 is 5.32 Å². The second-order valence-corrected chi connectivity index (χ2v) is 6.88. The minimum atomic E-state index is -0.0171. The van der Waals surface area contributed by atoms with Gasteiger partial charge in [-0.25, -0.2) is 4.98 Å². The quantitative estimate of drug-likeness (QED) is 0.931. The molecular weight excluding hydrogens is 316 g/mol. The van der Waals surface area contributed by atoms with Crippen molar-refractivity contribution in [2.24, 2.45) is 11.8 Å². The van der Waals surface area contributed by atoms with Crippen molar-refractivity contribution in [1.82, 2.24) is 14.5 Å². The number of anilines is 1. The van der Waals surface area contributed by atoms with Crippen molar-refractivity contribution in [1.29, 1.82) is 0 Å². The van der Waals surface area contributed by atoms with Crippen LogP contribution in [0, 0.1) is 11.8 Å². The number of aromatic nitrogens is 2. The molecule has 0 spiro atoms. The standard InChI is InChI=1S/C19H22N4O2/c24-18(14-7-10-22(11-8-14)19(25)15-1-2-15)21-16-3-5-17(6-4-16)23-12-9-20-13-23/h3-6,9,12-15H,1-2,7-8,10-11H2,(H,21,24). The van der Waals surface area contributed by atoms with Gasteiger partial charge in [0.15, 0.2) is 0 Å². The van der Waals surface area contributed by atoms with Crippen LogP contribution in [0.2, 0.25) is 0 Å². The predicted molar refractivity (Wildman–Crippen MR) is 94.2 cm³/mol. The van der Waals surface area contributed by atoms with Crippen LogP contribution in [0.3, 0.4) is 0 Å². The van der Waals surface area contributed by atoms with Gasteiger partial charge in [0.05, 0.1) is 6.33 Å². The van der Waals surface area contributed by atoms with Crippen LogP contribution in [0.1, 0.15) is 25.7 Å². The third-order valence-electron chi connectivity index (χ3n) is 5.04. The van der Waals surface area contributed by atoms with E-state index in [1.165, 1.54) is 0 Å². The van der Waals surface area contributed by atoms with Crippen LogP contribution >= 0.6 is 0 Å². The summed E-state index contributed by atoms with van der Waals surface area (Å²) in [6, 6.07) is 7.71. The molecule has 1 aliphatic carbocycles. The maximum atomic E-state index is 12.5. The van der Waals surface area contributed by atoms with Gasteiger partial charge in [-0.2, -0.15) is 0 Å². The van der Waals surface area contributed by atoms with E-state index in [-0.39, 0.29) is 23.7 Å². The van der Waals surface area contributed by atoms with E-state index in [2.05, 4.69) is 10.3 Å². The van der Waals surface area contributed by atoms with Crippen LogP contribution in [-0.4, -0.2) is 39.4 Å². The van der Waals surface area contributed by atoms with E-state index in [0.717, 1.165) is 37.1 Å². The zero-order chi connectivity index (χ0) is 17.2. The predicted octanol–water partition coefficient (Wildman–Crippen LogP) is 2.46. The fourth-order valence-corrected chi connectivity index (χ4v) is 3.32. The van der Waals surface area contributed by atoms with E-state index in [9.17, 15) is 9.59 Å². The smallest absolute Gasteiger partial charge is 0.227 e. The number of rotatable bonds is 4. The Balaban J connectivity index is 1.31. The molecule has 1 saturated heterocycles. The van der Waals surface area contributed by atoms with Crippen molar-refractivity contribution in [3.8, 4) is 5.69 Å². The minimum absolute atomic E-state index is 0.0171. The van der Waals surface area contributed by atoms with Crippen molar-refractivity contribution in [2.75, 3.05) is 18.4 Å². The number of piperidine rings is 1. The highest BCUT2D eigenvalue weighted by Gasteiger charge is 2.35. The lowest BCUT2D eigenvalue weighted by Gasteiger charge is -2.31. The maximum Gasteiger partial charge on any atom is 0.227 e. The molecule has 2 amide bonds. The largest absolute Gasteiger partial charge is 0.342 e. The molecule has 2 aliphatic rings. The summed E-state index contributed by atoms with van der Waals surface area (Å²) in [7, 11) is 0. The number of hydrogen-bond donors (Lipinski definition) is 1. The van der Waals surface area contributed by atoms with Crippen LogP contribution in [0.4, 0.5) is 5.69 Å². The Hall–Kier alpha value is -2.63. The Labute approximate surface area is 146 Å². The van der Waals surface area contributed by atoms with Gasteiger partial charge in [0, 0.05) is 48.7 Å². The lowest BCUT2D eigenvalue weighted by molar-refractivity contribution is -0.135. The number of carbonyl (C=O) groups is 2. The zero-order valence-electron chi connectivity index (χ0n) is 14.1. The van der Waals surface area contributed by atoms with Crippen LogP contribution in [0.25, 0.3) is 5.69 Å². The monoisotopic (exact) mass is 338 g/mol. The molecule has 130 valence electrons. The third kappa shape index (κ3) is 3.57. The number of nitrogens with zero attached hydrogens (tertiary/aromatic N) is 3. The molecule has 2 aromatic rings. The molecule has 4 rings (SSSR count). The zero-order valence-corrected chi connectivity index (χ0v) is 14.1. The van der Waals surface area contributed by atoms with Gasteiger partial charge in [0.2, 0.25) is 11.8 Å². The first-order valence-corrected chi connectivity index (χ1v) is 8.89. The molecule has 1 aromatic heterocycles. The van der Waals surface area contributed by atoms with Crippen LogP contribution in [0.5, 0.6) is 0 Å². The first kappa shape index (κ1) is 15.9. The van der Waals surface area contributed by atoms with Gasteiger partial charge < -0.3 is 14.8 Å². The van der Waals surface area contributed by atoms with E-state index in [4.69, 9.17) is 0 Å². The Morgan fingerprint density at radius 3 is 2.32 bits per heavy atom. The average molecular weight is 338 g/mol. The maximum absolute atomic E-state index is 12.5. The van der Waals surface area contributed by atoms with Gasteiger partial charge in [0.1, 0.15) is 0 Å². The lowest BCUT2D eigenvalue weighted by Crippen LogP contribution is -2.42. The van der Waals surface area contributed by atoms with Crippen molar-refractivity contribution in [3.05, 3.63) is 43.0 Å². The average Bonchev–Trinajstić information content (AvgIpc) is 3.36. The van der Waals surface area contributed by atoms with Crippen molar-refractivity contribution in [2.45, 2.75) is 25.7 Å². The first-order chi connectivity index (χ1) is 12.2. The van der Waals surface area contributed by atoms with Gasteiger partial charge in [-0.05, 0) is 49.9 Å². The fourth-order valence-electron chi connectivity index (χ4n) is 3.32. The number of hydrogen-bond acceptors (Lipinski definition) is 3. The molecule has 0 bridgehead atoms. The molecule has 6 heteroatoms. The molecule has 1 N–H and O–H groups in total. The second-order valence-electron chi connectivity index (χ2n) is 6.88. The van der Waals surface area contributed by atoms with Gasteiger partial charge in [-0.3, -0.25) is 9.59 Å². The third-order valence-corrected chi connectivity index (χ3v) is 5.04. The fraction of sp³-hybridized carbons (Fsp3) is 0.421. The SMILES string of the molecule is O=C(Nc1ccc(-n2ccnc2)cc1)C1CCN(C(=O)C2CC2)CC1. The van der Waals surface area contributed by atoms with Crippen molar-refractivity contribution >= 4 is 17.5 Å². The highest BCUT2D eigenvalue weighted by atomic mass is 16.2. The Kier molecular flexibility index (Phi) is 4.26. The number of likely N-dealkylation sites (tertiary alicyclic amines) is 1. The molecule has 1 aliphatic heterocycles. The normalized spacial score (nSPS) is 18.2. The number of nitrogens with one attached hydrogen (secondary N) is 1. The Morgan fingerprint density at radius 2 is 1.72 bits per heavy atom. The van der Waals surface area contributed by atoms with E-state index >= 15 is 0 Å². The number of imidazole rings is 1. The molecule has 2 fully saturated rings. The summed E-state index contributed by atoms with van der Waals surface area (Å²) in [5.74, 6) is 0.582. The van der Waals surface area contributed by atoms with Crippen LogP contribution in [0.15, 0.2) is 43.0 Å². The first-order valence-electron chi connectivity index (χ1n) is 8.89. The molecule has 0 radical (unpaired) electrons. The van der Waals surface area contributed by atoms with E-state index in [1.807, 2.05) is 39.9 Å². The number of amides is 2. The second kappa shape index (κ2) is 6.70. The molecule has 6 nitrogen and oxygen atoms in total. The van der Waals surface area contributed by atoms with E-state index in [1.54, 1.807) is 12.5 Å². The molecule has 25 heavy (non-hydrogen) atoms. The van der Waals surface area contributed by atoms with Gasteiger partial charge in [-0.15, -0.1) is 0 Å². The summed E-state index contributed by atoms with van der Waals surface area (Å²) < 4.78 is 1.91. The Bertz CT molecular complexity index is 742. The molecule has 0 atom stereocenters. The summed E-state index contributed by atoms with van der Waals surface area (Å²) in [4.78, 5) is 30.5. The molecule has 1 aromatic carbocycles. The van der Waals surface area contributed by atoms with Gasteiger partial charge in [0.25, 0.3) is 0 Å². The summed E-state index contributed by atoms with van der Waals surface area (Å²) in [5.41, 5.74) is 1.80. The number of benzene rings is 1. The molecule has 1 saturated carbocycles. The summed E-state index contributed by atoms with van der Waals surface area (Å²) in [5, 5.41) is 3.00. The summed E-state index contributed by atoms with van der Waals surface area (Å²) in [6.45, 7) is 1.40. The topological polar surface area (TPSA) is 67.2 Å². The molecule has 2 heterocycles. The van der Waals surface area contributed by atoms with Crippen molar-refractivity contribution < 1.29 is 9.59 Å². The van der Waals surface area contributed by atoms with Gasteiger partial charge in [-0.1, -0.05) is 0 Å². The molecule has 0 unspecified atom stereocenters. The molecular formula is C19H22N4O2.